The third-order valence-corrected chi connectivity index (χ3v) is 4.02. The summed E-state index contributed by atoms with van der Waals surface area (Å²) >= 11 is 3.26. The largest absolute Gasteiger partial charge is 0.440 e. The molecule has 0 saturated heterocycles. The van der Waals surface area contributed by atoms with E-state index >= 15 is 0 Å². The maximum atomic E-state index is 14.3. The molecule has 1 unspecified atom stereocenters. The summed E-state index contributed by atoms with van der Waals surface area (Å²) in [6.07, 6.45) is 0. The molecule has 0 spiro atoms. The first kappa shape index (κ1) is 15.3. The minimum atomic E-state index is -0.988. The smallest absolute Gasteiger partial charge is 0.343 e. The molecular formula is C16H10BrFN2O3. The Bertz CT molecular complexity index is 943. The van der Waals surface area contributed by atoms with Crippen LogP contribution in [0.5, 0.6) is 5.75 Å². The third-order valence-electron chi connectivity index (χ3n) is 3.53. The third kappa shape index (κ3) is 2.51. The van der Waals surface area contributed by atoms with Crippen molar-refractivity contribution in [3.05, 3.63) is 73.3 Å². The van der Waals surface area contributed by atoms with E-state index in [1.807, 2.05) is 6.07 Å². The second kappa shape index (κ2) is 5.56. The van der Waals surface area contributed by atoms with Gasteiger partial charge in [-0.1, -0.05) is 15.9 Å². The zero-order valence-corrected chi connectivity index (χ0v) is 13.5. The number of benzene rings is 1. The molecule has 0 saturated carbocycles. The Hall–Kier alpha value is -2.59. The molecule has 2 heterocycles. The first-order chi connectivity index (χ1) is 10.9. The zero-order valence-electron chi connectivity index (χ0n) is 11.9. The van der Waals surface area contributed by atoms with Gasteiger partial charge in [-0.25, -0.2) is 9.18 Å². The highest BCUT2D eigenvalue weighted by Gasteiger charge is 2.35. The number of hydrogen-bond donors (Lipinski definition) is 1. The lowest BCUT2D eigenvalue weighted by molar-refractivity contribution is 0.370. The van der Waals surface area contributed by atoms with Gasteiger partial charge in [-0.3, -0.25) is 0 Å². The summed E-state index contributed by atoms with van der Waals surface area (Å²) < 4.78 is 25.4. The van der Waals surface area contributed by atoms with Gasteiger partial charge in [-0.05, 0) is 25.1 Å². The standard InChI is InChI=1S/C16H10BrFN2O3/c1-7-4-12-14(16(21)22-7)13(10(6-19)15(20)23-12)9-5-8(17)2-3-11(9)18/h2-5,13H,20H2,1H3. The first-order valence-electron chi connectivity index (χ1n) is 6.59. The average molecular weight is 377 g/mol. The van der Waals surface area contributed by atoms with Gasteiger partial charge in [0.25, 0.3) is 0 Å². The Morgan fingerprint density at radius 1 is 1.39 bits per heavy atom. The summed E-state index contributed by atoms with van der Waals surface area (Å²) in [5.41, 5.74) is 5.25. The number of fused-ring (bicyclic) bond motifs is 1. The molecule has 0 aliphatic carbocycles. The molecular weight excluding hydrogens is 367 g/mol. The second-order valence-corrected chi connectivity index (χ2v) is 5.93. The quantitative estimate of drug-likeness (QED) is 0.825. The number of aryl methyl sites for hydroxylation is 1. The Balaban J connectivity index is 2.36. The van der Waals surface area contributed by atoms with Crippen molar-refractivity contribution < 1.29 is 13.5 Å². The zero-order chi connectivity index (χ0) is 16.7. The van der Waals surface area contributed by atoms with Crippen LogP contribution in [-0.4, -0.2) is 0 Å². The maximum Gasteiger partial charge on any atom is 0.343 e. The van der Waals surface area contributed by atoms with Crippen LogP contribution in [-0.2, 0) is 0 Å². The molecule has 1 aliphatic rings. The summed E-state index contributed by atoms with van der Waals surface area (Å²) in [6.45, 7) is 1.58. The minimum Gasteiger partial charge on any atom is -0.440 e. The van der Waals surface area contributed by atoms with Crippen molar-refractivity contribution in [3.8, 4) is 11.8 Å². The van der Waals surface area contributed by atoms with Crippen LogP contribution in [0.4, 0.5) is 4.39 Å². The molecule has 116 valence electrons. The second-order valence-electron chi connectivity index (χ2n) is 5.01. The summed E-state index contributed by atoms with van der Waals surface area (Å²) in [7, 11) is 0. The number of ether oxygens (including phenoxy) is 1. The van der Waals surface area contributed by atoms with Crippen molar-refractivity contribution in [1.82, 2.24) is 0 Å². The number of allylic oxidation sites excluding steroid dienone is 1. The average Bonchev–Trinajstić information content (AvgIpc) is 2.48. The van der Waals surface area contributed by atoms with Gasteiger partial charge in [-0.2, -0.15) is 5.26 Å². The molecule has 2 N–H and O–H groups in total. The van der Waals surface area contributed by atoms with Crippen LogP contribution in [0.15, 0.2) is 49.4 Å². The highest BCUT2D eigenvalue weighted by molar-refractivity contribution is 9.10. The van der Waals surface area contributed by atoms with Crippen LogP contribution in [0.3, 0.4) is 0 Å². The van der Waals surface area contributed by atoms with Crippen LogP contribution in [0.2, 0.25) is 0 Å². The van der Waals surface area contributed by atoms with Crippen LogP contribution >= 0.6 is 15.9 Å². The van der Waals surface area contributed by atoms with Gasteiger partial charge in [0.2, 0.25) is 5.88 Å². The van der Waals surface area contributed by atoms with E-state index < -0.39 is 17.4 Å². The maximum absolute atomic E-state index is 14.3. The SMILES string of the molecule is Cc1cc2c(c(=O)o1)C(c1cc(Br)ccc1F)C(C#N)=C(N)O2. The normalized spacial score (nSPS) is 16.5. The van der Waals surface area contributed by atoms with Gasteiger partial charge in [0, 0.05) is 16.1 Å². The fraction of sp³-hybridized carbons (Fsp3) is 0.125. The van der Waals surface area contributed by atoms with Crippen LogP contribution in [0, 0.1) is 24.1 Å². The van der Waals surface area contributed by atoms with Gasteiger partial charge in [0.15, 0.2) is 0 Å². The summed E-state index contributed by atoms with van der Waals surface area (Å²) in [5.74, 6) is -1.21. The molecule has 1 aliphatic heterocycles. The lowest BCUT2D eigenvalue weighted by Crippen LogP contribution is -2.26. The van der Waals surface area contributed by atoms with Crippen molar-refractivity contribution in [2.45, 2.75) is 12.8 Å². The van der Waals surface area contributed by atoms with E-state index in [2.05, 4.69) is 15.9 Å². The van der Waals surface area contributed by atoms with Crippen LogP contribution in [0.25, 0.3) is 0 Å². The van der Waals surface area contributed by atoms with Crippen molar-refractivity contribution >= 4 is 15.9 Å². The molecule has 23 heavy (non-hydrogen) atoms. The monoisotopic (exact) mass is 376 g/mol. The highest BCUT2D eigenvalue weighted by atomic mass is 79.9. The topological polar surface area (TPSA) is 89.2 Å². The predicted octanol–water partition coefficient (Wildman–Crippen LogP) is 3.07. The van der Waals surface area contributed by atoms with Crippen molar-refractivity contribution in [2.75, 3.05) is 0 Å². The van der Waals surface area contributed by atoms with E-state index in [4.69, 9.17) is 14.9 Å². The van der Waals surface area contributed by atoms with Gasteiger partial charge < -0.3 is 14.9 Å². The van der Waals surface area contributed by atoms with Crippen LogP contribution in [0.1, 0.15) is 22.8 Å². The minimum absolute atomic E-state index is 0.0364. The van der Waals surface area contributed by atoms with Crippen molar-refractivity contribution in [2.24, 2.45) is 5.73 Å². The number of hydrogen-bond acceptors (Lipinski definition) is 5. The van der Waals surface area contributed by atoms with Gasteiger partial charge in [0.1, 0.15) is 29.0 Å². The predicted molar refractivity (Wildman–Crippen MR) is 83.1 cm³/mol. The molecule has 1 atom stereocenters. The Morgan fingerprint density at radius 3 is 2.83 bits per heavy atom. The summed E-state index contributed by atoms with van der Waals surface area (Å²) in [6, 6.07) is 7.65. The Kier molecular flexibility index (Phi) is 3.70. The molecule has 0 bridgehead atoms. The summed E-state index contributed by atoms with van der Waals surface area (Å²) in [5, 5.41) is 9.39. The lowest BCUT2D eigenvalue weighted by atomic mass is 9.84. The van der Waals surface area contributed by atoms with Crippen LogP contribution < -0.4 is 16.1 Å². The van der Waals surface area contributed by atoms with E-state index in [-0.39, 0.29) is 28.3 Å². The fourth-order valence-corrected chi connectivity index (χ4v) is 2.94. The molecule has 0 amide bonds. The Morgan fingerprint density at radius 2 is 2.13 bits per heavy atom. The van der Waals surface area contributed by atoms with E-state index in [9.17, 15) is 14.4 Å². The fourth-order valence-electron chi connectivity index (χ4n) is 2.56. The van der Waals surface area contributed by atoms with Gasteiger partial charge in [-0.15, -0.1) is 0 Å². The van der Waals surface area contributed by atoms with Gasteiger partial charge in [0.05, 0.1) is 11.5 Å². The summed E-state index contributed by atoms with van der Waals surface area (Å²) in [4.78, 5) is 12.3. The number of nitrogens with two attached hydrogens (primary N) is 1. The first-order valence-corrected chi connectivity index (χ1v) is 7.39. The van der Waals surface area contributed by atoms with E-state index in [1.165, 1.54) is 24.3 Å². The molecule has 2 aromatic rings. The molecule has 3 rings (SSSR count). The molecule has 1 aromatic heterocycles. The number of rotatable bonds is 1. The van der Waals surface area contributed by atoms with E-state index in [0.29, 0.717) is 10.2 Å². The number of nitriles is 1. The van der Waals surface area contributed by atoms with E-state index in [1.54, 1.807) is 6.92 Å². The van der Waals surface area contributed by atoms with Gasteiger partial charge >= 0.3 is 5.63 Å². The molecule has 5 nitrogen and oxygen atoms in total. The highest BCUT2D eigenvalue weighted by Crippen LogP contribution is 2.41. The molecule has 0 radical (unpaired) electrons. The number of halogens is 2. The molecule has 1 aromatic carbocycles. The Labute approximate surface area is 138 Å². The number of nitrogens with zero attached hydrogens (tertiary/aromatic N) is 1. The van der Waals surface area contributed by atoms with Crippen molar-refractivity contribution in [1.29, 1.82) is 5.26 Å². The lowest BCUT2D eigenvalue weighted by Gasteiger charge is -2.25. The van der Waals surface area contributed by atoms with Crippen molar-refractivity contribution in [3.63, 3.8) is 0 Å². The molecule has 7 heteroatoms. The molecule has 0 fully saturated rings. The van der Waals surface area contributed by atoms with E-state index in [0.717, 1.165) is 0 Å².